The van der Waals surface area contributed by atoms with E-state index in [0.29, 0.717) is 28.8 Å². The molecular formula is C19H21BrClFN4O2. The Bertz CT molecular complexity index is 938. The molecule has 2 aliphatic heterocycles. The maximum atomic E-state index is 14.5. The second kappa shape index (κ2) is 6.99. The van der Waals surface area contributed by atoms with Gasteiger partial charge in [0.2, 0.25) is 5.28 Å². The second-order valence-electron chi connectivity index (χ2n) is 8.25. The van der Waals surface area contributed by atoms with E-state index in [9.17, 15) is 9.18 Å². The van der Waals surface area contributed by atoms with E-state index in [0.717, 1.165) is 12.8 Å². The summed E-state index contributed by atoms with van der Waals surface area (Å²) in [5.74, 6) is 0.139. The summed E-state index contributed by atoms with van der Waals surface area (Å²) < 4.78 is 20.4. The maximum Gasteiger partial charge on any atom is 0.410 e. The fourth-order valence-electron chi connectivity index (χ4n) is 4.02. The minimum Gasteiger partial charge on any atom is -0.444 e. The van der Waals surface area contributed by atoms with Crippen molar-refractivity contribution >= 4 is 50.3 Å². The van der Waals surface area contributed by atoms with Gasteiger partial charge in [-0.2, -0.15) is 4.98 Å². The molecule has 0 spiro atoms. The van der Waals surface area contributed by atoms with Crippen LogP contribution >= 0.6 is 27.5 Å². The van der Waals surface area contributed by atoms with Gasteiger partial charge in [-0.1, -0.05) is 0 Å². The Balaban J connectivity index is 1.65. The van der Waals surface area contributed by atoms with E-state index in [1.165, 1.54) is 0 Å². The number of fused-ring (bicyclic) bond motifs is 3. The number of rotatable bonds is 1. The topological polar surface area (TPSA) is 58.6 Å². The average Bonchev–Trinajstić information content (AvgIpc) is 2.87. The lowest BCUT2D eigenvalue weighted by Crippen LogP contribution is -2.57. The molecule has 2 aliphatic rings. The number of ether oxygens (including phenoxy) is 1. The number of nitrogens with zero attached hydrogens (tertiary/aromatic N) is 4. The molecule has 1 aromatic carbocycles. The monoisotopic (exact) mass is 470 g/mol. The molecule has 0 unspecified atom stereocenters. The number of carbonyl (C=O) groups excluding carboxylic acids is 1. The Morgan fingerprint density at radius 1 is 1.25 bits per heavy atom. The van der Waals surface area contributed by atoms with E-state index < -0.39 is 11.4 Å². The lowest BCUT2D eigenvalue weighted by Gasteiger charge is -2.42. The lowest BCUT2D eigenvalue weighted by molar-refractivity contribution is 0.0123. The first-order valence-corrected chi connectivity index (χ1v) is 10.4. The molecule has 150 valence electrons. The molecule has 0 aliphatic carbocycles. The van der Waals surface area contributed by atoms with E-state index in [1.54, 1.807) is 12.1 Å². The third-order valence-corrected chi connectivity index (χ3v) is 5.88. The van der Waals surface area contributed by atoms with Crippen LogP contribution in [0.4, 0.5) is 15.0 Å². The number of benzene rings is 1. The van der Waals surface area contributed by atoms with E-state index in [4.69, 9.17) is 16.3 Å². The zero-order valence-corrected chi connectivity index (χ0v) is 18.2. The molecule has 0 saturated carbocycles. The van der Waals surface area contributed by atoms with E-state index in [-0.39, 0.29) is 29.0 Å². The number of piperazine rings is 1. The van der Waals surface area contributed by atoms with Crippen molar-refractivity contribution in [3.05, 3.63) is 27.7 Å². The Kier molecular flexibility index (Phi) is 4.90. The minimum absolute atomic E-state index is 0.00131. The van der Waals surface area contributed by atoms with E-state index in [1.807, 2.05) is 25.7 Å². The number of hydrogen-bond acceptors (Lipinski definition) is 5. The molecule has 2 saturated heterocycles. The Labute approximate surface area is 176 Å². The van der Waals surface area contributed by atoms with Crippen molar-refractivity contribution in [1.29, 1.82) is 0 Å². The van der Waals surface area contributed by atoms with Gasteiger partial charge in [-0.3, -0.25) is 4.90 Å². The fourth-order valence-corrected chi connectivity index (χ4v) is 4.51. The van der Waals surface area contributed by atoms with Gasteiger partial charge in [0.15, 0.2) is 5.82 Å². The molecule has 3 heterocycles. The van der Waals surface area contributed by atoms with Crippen molar-refractivity contribution in [3.8, 4) is 0 Å². The summed E-state index contributed by atoms with van der Waals surface area (Å²) in [6, 6.07) is 3.48. The van der Waals surface area contributed by atoms with Gasteiger partial charge in [0, 0.05) is 18.5 Å². The number of hydrogen-bond donors (Lipinski definition) is 0. The van der Waals surface area contributed by atoms with E-state index >= 15 is 0 Å². The second-order valence-corrected chi connectivity index (χ2v) is 9.44. The van der Waals surface area contributed by atoms with Crippen molar-refractivity contribution in [2.45, 2.75) is 51.3 Å². The normalized spacial score (nSPS) is 22.1. The molecule has 0 N–H and O–H groups in total. The summed E-state index contributed by atoms with van der Waals surface area (Å²) in [7, 11) is 0. The van der Waals surface area contributed by atoms with Crippen LogP contribution in [0.15, 0.2) is 16.6 Å². The SMILES string of the molecule is CC(C)(C)OC(=O)N1[C@@H]2CC[C@H]1CN(c1nc(Cl)nc3c(F)c(Br)ccc13)C2. The fraction of sp³-hybridized carbons (Fsp3) is 0.526. The molecule has 6 nitrogen and oxygen atoms in total. The lowest BCUT2D eigenvalue weighted by atomic mass is 10.1. The van der Waals surface area contributed by atoms with Crippen molar-refractivity contribution < 1.29 is 13.9 Å². The van der Waals surface area contributed by atoms with Crippen LogP contribution in [0.5, 0.6) is 0 Å². The van der Waals surface area contributed by atoms with Crippen LogP contribution in [0.2, 0.25) is 5.28 Å². The first-order valence-electron chi connectivity index (χ1n) is 9.21. The molecule has 2 bridgehead atoms. The molecular weight excluding hydrogens is 451 g/mol. The van der Waals surface area contributed by atoms with Crippen LogP contribution in [0.25, 0.3) is 10.9 Å². The maximum absolute atomic E-state index is 14.5. The molecule has 4 rings (SSSR count). The highest BCUT2D eigenvalue weighted by atomic mass is 79.9. The van der Waals surface area contributed by atoms with Crippen LogP contribution < -0.4 is 4.90 Å². The molecule has 0 radical (unpaired) electrons. The highest BCUT2D eigenvalue weighted by Gasteiger charge is 2.45. The van der Waals surface area contributed by atoms with Gasteiger partial charge >= 0.3 is 6.09 Å². The molecule has 2 fully saturated rings. The first kappa shape index (κ1) is 19.6. The standard InChI is InChI=1S/C19H21BrClFN4O2/c1-19(2,3)28-18(27)26-10-4-5-11(26)9-25(8-10)16-12-6-7-13(20)14(22)15(12)23-17(21)24-16/h6-7,10-11H,4-5,8-9H2,1-3H3/t10-,11+. The summed E-state index contributed by atoms with van der Waals surface area (Å²) in [6.07, 6.45) is 1.52. The summed E-state index contributed by atoms with van der Waals surface area (Å²) in [4.78, 5) is 25.0. The third kappa shape index (κ3) is 3.52. The van der Waals surface area contributed by atoms with Crippen molar-refractivity contribution in [2.75, 3.05) is 18.0 Å². The Morgan fingerprint density at radius 2 is 1.89 bits per heavy atom. The van der Waals surface area contributed by atoms with Crippen LogP contribution in [0.1, 0.15) is 33.6 Å². The average molecular weight is 472 g/mol. The zero-order chi connectivity index (χ0) is 20.2. The molecule has 28 heavy (non-hydrogen) atoms. The predicted octanol–water partition coefficient (Wildman–Crippen LogP) is 4.77. The van der Waals surface area contributed by atoms with Gasteiger partial charge in [0.1, 0.15) is 16.9 Å². The van der Waals surface area contributed by atoms with Gasteiger partial charge in [-0.15, -0.1) is 0 Å². The van der Waals surface area contributed by atoms with Gasteiger partial charge in [-0.05, 0) is 73.3 Å². The molecule has 2 aromatic rings. The van der Waals surface area contributed by atoms with Crippen molar-refractivity contribution in [2.24, 2.45) is 0 Å². The minimum atomic E-state index is -0.533. The highest BCUT2D eigenvalue weighted by molar-refractivity contribution is 9.10. The van der Waals surface area contributed by atoms with E-state index in [2.05, 4.69) is 30.8 Å². The van der Waals surface area contributed by atoms with Gasteiger partial charge in [0.25, 0.3) is 0 Å². The van der Waals surface area contributed by atoms with Crippen molar-refractivity contribution in [3.63, 3.8) is 0 Å². The zero-order valence-electron chi connectivity index (χ0n) is 15.9. The van der Waals surface area contributed by atoms with Crippen LogP contribution in [-0.4, -0.2) is 51.7 Å². The van der Waals surface area contributed by atoms with Crippen LogP contribution in [-0.2, 0) is 4.74 Å². The number of aromatic nitrogens is 2. The predicted molar refractivity (Wildman–Crippen MR) is 109 cm³/mol. The molecule has 1 amide bonds. The number of amides is 1. The molecule has 9 heteroatoms. The van der Waals surface area contributed by atoms with Gasteiger partial charge in [0.05, 0.1) is 16.6 Å². The summed E-state index contributed by atoms with van der Waals surface area (Å²) >= 11 is 9.28. The third-order valence-electron chi connectivity index (χ3n) is 5.10. The van der Waals surface area contributed by atoms with Gasteiger partial charge in [-0.25, -0.2) is 14.2 Å². The molecule has 2 atom stereocenters. The van der Waals surface area contributed by atoms with Crippen LogP contribution in [0, 0.1) is 5.82 Å². The smallest absolute Gasteiger partial charge is 0.410 e. The van der Waals surface area contributed by atoms with Crippen LogP contribution in [0.3, 0.4) is 0 Å². The largest absolute Gasteiger partial charge is 0.444 e. The highest BCUT2D eigenvalue weighted by Crippen LogP contribution is 2.37. The quantitative estimate of drug-likeness (QED) is 0.561. The Hall–Kier alpha value is -1.67. The summed E-state index contributed by atoms with van der Waals surface area (Å²) in [5.41, 5.74) is -0.346. The van der Waals surface area contributed by atoms with Crippen molar-refractivity contribution in [1.82, 2.24) is 14.9 Å². The van der Waals surface area contributed by atoms with Gasteiger partial charge < -0.3 is 9.64 Å². The summed E-state index contributed by atoms with van der Waals surface area (Å²) in [6.45, 7) is 6.78. The number of halogens is 3. The summed E-state index contributed by atoms with van der Waals surface area (Å²) in [5, 5.41) is 0.608. The number of carbonyl (C=O) groups is 1. The first-order chi connectivity index (χ1) is 13.1. The molecule has 1 aromatic heterocycles. The number of anilines is 1. The Morgan fingerprint density at radius 3 is 2.50 bits per heavy atom.